The molecule has 2 aromatic carbocycles. The summed E-state index contributed by atoms with van der Waals surface area (Å²) in [5.41, 5.74) is 5.01. The zero-order valence-electron chi connectivity index (χ0n) is 19.3. The number of hydrogen-bond donors (Lipinski definition) is 0. The lowest BCUT2D eigenvalue weighted by atomic mass is 9.78. The van der Waals surface area contributed by atoms with Gasteiger partial charge in [0.25, 0.3) is 0 Å². The van der Waals surface area contributed by atoms with E-state index in [9.17, 15) is 0 Å². The minimum Gasteiger partial charge on any atom is -0.103 e. The predicted octanol–water partition coefficient (Wildman–Crippen LogP) is 8.30. The highest BCUT2D eigenvalue weighted by Crippen LogP contribution is 2.33. The molecule has 0 saturated heterocycles. The van der Waals surface area contributed by atoms with Gasteiger partial charge in [-0.2, -0.15) is 0 Å². The molecule has 2 aromatic rings. The van der Waals surface area contributed by atoms with E-state index in [-0.39, 0.29) is 0 Å². The van der Waals surface area contributed by atoms with Crippen LogP contribution in [0.3, 0.4) is 0 Å². The molecule has 0 atom stereocenters. The molecule has 0 N–H and O–H groups in total. The molecule has 1 saturated carbocycles. The maximum Gasteiger partial charge on any atom is 0.0249 e. The van der Waals surface area contributed by atoms with Gasteiger partial charge in [0, 0.05) is 11.1 Å². The lowest BCUT2D eigenvalue weighted by molar-refractivity contribution is 0.254. The van der Waals surface area contributed by atoms with Crippen LogP contribution >= 0.6 is 0 Å². The number of rotatable bonds is 9. The fraction of sp³-hybridized carbons (Fsp3) is 0.419. The largest absolute Gasteiger partial charge is 0.103 e. The summed E-state index contributed by atoms with van der Waals surface area (Å²) in [7, 11) is 0. The zero-order valence-corrected chi connectivity index (χ0v) is 19.3. The van der Waals surface area contributed by atoms with Gasteiger partial charge in [-0.15, -0.1) is 6.58 Å². The van der Waals surface area contributed by atoms with Crippen molar-refractivity contribution in [2.45, 2.75) is 71.1 Å². The number of aryl methyl sites for hydroxylation is 2. The second-order valence-electron chi connectivity index (χ2n) is 9.04. The minimum absolute atomic E-state index is 0.917. The van der Waals surface area contributed by atoms with Crippen LogP contribution in [0, 0.1) is 23.7 Å². The lowest BCUT2D eigenvalue weighted by Gasteiger charge is -2.28. The van der Waals surface area contributed by atoms with Crippen LogP contribution in [0.4, 0.5) is 0 Å². The first-order chi connectivity index (χ1) is 15.3. The zero-order chi connectivity index (χ0) is 21.7. The summed E-state index contributed by atoms with van der Waals surface area (Å²) in [5.74, 6) is 8.49. The van der Waals surface area contributed by atoms with Crippen LogP contribution in [0.5, 0.6) is 0 Å². The molecule has 3 rings (SSSR count). The maximum absolute atomic E-state index is 3.86. The second-order valence-corrected chi connectivity index (χ2v) is 9.04. The maximum atomic E-state index is 3.86. The van der Waals surface area contributed by atoms with Crippen LogP contribution in [0.1, 0.15) is 80.5 Å². The standard InChI is InChI=1S/C31H38/c1-3-5-7-9-27-12-16-29(17-13-27)19-21-31-24-22-30(23-25-31)20-18-28-14-10-26(11-15-28)8-6-4-2/h3-5,12-13,16-17,22-26,28H,2,6-11,14-15,18,20H2,1H3/b5-3+. The number of hydrogen-bond acceptors (Lipinski definition) is 0. The van der Waals surface area contributed by atoms with Gasteiger partial charge in [0.15, 0.2) is 0 Å². The molecule has 0 heterocycles. The molecule has 31 heavy (non-hydrogen) atoms. The first kappa shape index (κ1) is 23.1. The molecule has 1 aliphatic carbocycles. The normalized spacial score (nSPS) is 18.5. The summed E-state index contributed by atoms with van der Waals surface area (Å²) in [4.78, 5) is 0. The van der Waals surface area contributed by atoms with Crippen LogP contribution in [0.15, 0.2) is 73.3 Å². The third-order valence-electron chi connectivity index (χ3n) is 6.68. The second kappa shape index (κ2) is 13.0. The molecule has 0 amide bonds. The topological polar surface area (TPSA) is 0 Å². The first-order valence-electron chi connectivity index (χ1n) is 12.2. The van der Waals surface area contributed by atoms with Crippen molar-refractivity contribution < 1.29 is 0 Å². The van der Waals surface area contributed by atoms with Crippen molar-refractivity contribution in [3.63, 3.8) is 0 Å². The van der Waals surface area contributed by atoms with Gasteiger partial charge < -0.3 is 0 Å². The van der Waals surface area contributed by atoms with Crippen molar-refractivity contribution >= 4 is 0 Å². The van der Waals surface area contributed by atoms with E-state index in [0.717, 1.165) is 35.8 Å². The molecule has 0 spiro atoms. The summed E-state index contributed by atoms with van der Waals surface area (Å²) in [5, 5.41) is 0. The third kappa shape index (κ3) is 8.26. The molecule has 0 bridgehead atoms. The van der Waals surface area contributed by atoms with Gasteiger partial charge in [0.05, 0.1) is 0 Å². The Morgan fingerprint density at radius 3 is 1.77 bits per heavy atom. The van der Waals surface area contributed by atoms with Gasteiger partial charge in [-0.1, -0.05) is 80.0 Å². The third-order valence-corrected chi connectivity index (χ3v) is 6.68. The molecule has 0 aliphatic heterocycles. The van der Waals surface area contributed by atoms with Crippen LogP contribution in [0.2, 0.25) is 0 Å². The fourth-order valence-corrected chi connectivity index (χ4v) is 4.60. The van der Waals surface area contributed by atoms with E-state index in [1.807, 2.05) is 0 Å². The quantitative estimate of drug-likeness (QED) is 0.288. The van der Waals surface area contributed by atoms with Crippen LogP contribution in [0.25, 0.3) is 0 Å². The lowest BCUT2D eigenvalue weighted by Crippen LogP contribution is -2.15. The molecule has 0 radical (unpaired) electrons. The SMILES string of the molecule is C=CCCC1CCC(CCc2ccc(C#Cc3ccc(CC/C=C/C)cc3)cc2)CC1. The van der Waals surface area contributed by atoms with Crippen LogP contribution in [-0.2, 0) is 12.8 Å². The average Bonchev–Trinajstić information content (AvgIpc) is 2.82. The summed E-state index contributed by atoms with van der Waals surface area (Å²) in [6.45, 7) is 5.93. The molecular weight excluding hydrogens is 372 g/mol. The molecule has 0 unspecified atom stereocenters. The molecule has 0 heteroatoms. The van der Waals surface area contributed by atoms with Gasteiger partial charge >= 0.3 is 0 Å². The summed E-state index contributed by atoms with van der Waals surface area (Å²) >= 11 is 0. The van der Waals surface area contributed by atoms with E-state index in [0.29, 0.717) is 0 Å². The Morgan fingerprint density at radius 1 is 0.742 bits per heavy atom. The average molecular weight is 411 g/mol. The number of allylic oxidation sites excluding steroid dienone is 3. The van der Waals surface area contributed by atoms with Crippen molar-refractivity contribution in [3.05, 3.63) is 95.6 Å². The first-order valence-corrected chi connectivity index (χ1v) is 12.2. The van der Waals surface area contributed by atoms with Gasteiger partial charge in [0.2, 0.25) is 0 Å². The van der Waals surface area contributed by atoms with Gasteiger partial charge in [-0.25, -0.2) is 0 Å². The van der Waals surface area contributed by atoms with E-state index < -0.39 is 0 Å². The fourth-order valence-electron chi connectivity index (χ4n) is 4.60. The van der Waals surface area contributed by atoms with Crippen molar-refractivity contribution in [1.82, 2.24) is 0 Å². The van der Waals surface area contributed by atoms with Gasteiger partial charge in [-0.3, -0.25) is 0 Å². The van der Waals surface area contributed by atoms with Crippen LogP contribution in [-0.4, -0.2) is 0 Å². The predicted molar refractivity (Wildman–Crippen MR) is 135 cm³/mol. The van der Waals surface area contributed by atoms with Crippen molar-refractivity contribution in [3.8, 4) is 11.8 Å². The van der Waals surface area contributed by atoms with E-state index in [2.05, 4.69) is 92.1 Å². The smallest absolute Gasteiger partial charge is 0.0249 e. The van der Waals surface area contributed by atoms with Crippen molar-refractivity contribution in [2.24, 2.45) is 11.8 Å². The molecular formula is C31H38. The molecule has 1 aliphatic rings. The van der Waals surface area contributed by atoms with Crippen LogP contribution < -0.4 is 0 Å². The highest BCUT2D eigenvalue weighted by Gasteiger charge is 2.20. The summed E-state index contributed by atoms with van der Waals surface area (Å²) in [6, 6.07) is 17.6. The Bertz CT molecular complexity index is 862. The van der Waals surface area contributed by atoms with E-state index in [1.54, 1.807) is 0 Å². The summed E-state index contributed by atoms with van der Waals surface area (Å²) in [6.07, 6.45) is 19.3. The van der Waals surface area contributed by atoms with Crippen molar-refractivity contribution in [2.75, 3.05) is 0 Å². The van der Waals surface area contributed by atoms with Crippen molar-refractivity contribution in [1.29, 1.82) is 0 Å². The Morgan fingerprint density at radius 2 is 1.26 bits per heavy atom. The Kier molecular flexibility index (Phi) is 9.72. The highest BCUT2D eigenvalue weighted by atomic mass is 14.3. The molecule has 162 valence electrons. The van der Waals surface area contributed by atoms with E-state index >= 15 is 0 Å². The number of benzene rings is 2. The van der Waals surface area contributed by atoms with E-state index in [4.69, 9.17) is 0 Å². The Balaban J connectivity index is 1.43. The van der Waals surface area contributed by atoms with Gasteiger partial charge in [0.1, 0.15) is 0 Å². The van der Waals surface area contributed by atoms with Gasteiger partial charge in [-0.05, 0) is 92.7 Å². The molecule has 0 nitrogen and oxygen atoms in total. The molecule has 1 fully saturated rings. The Hall–Kier alpha value is -2.52. The minimum atomic E-state index is 0.917. The monoisotopic (exact) mass is 410 g/mol. The molecule has 0 aromatic heterocycles. The van der Waals surface area contributed by atoms with E-state index in [1.165, 1.54) is 62.5 Å². The summed E-state index contributed by atoms with van der Waals surface area (Å²) < 4.78 is 0. The highest BCUT2D eigenvalue weighted by molar-refractivity contribution is 5.44. The Labute approximate surface area is 190 Å².